The largest absolute Gasteiger partial charge is 0.439 e. The molecule has 1 atom stereocenters. The molecule has 0 heterocycles. The summed E-state index contributed by atoms with van der Waals surface area (Å²) in [4.78, 5) is 12.6. The van der Waals surface area contributed by atoms with Crippen LogP contribution >= 0.6 is 7.29 Å². The number of carbonyl (C=O) groups is 1. The maximum absolute atomic E-state index is 14.4. The summed E-state index contributed by atoms with van der Waals surface area (Å²) >= 11 is 0. The Morgan fingerprint density at radius 1 is 0.750 bits per heavy atom. The van der Waals surface area contributed by atoms with Gasteiger partial charge < -0.3 is 4.74 Å². The van der Waals surface area contributed by atoms with Crippen molar-refractivity contribution >= 4 is 23.9 Å². The molecule has 0 radical (unpaired) electrons. The van der Waals surface area contributed by atoms with Gasteiger partial charge in [0.2, 0.25) is 7.29 Å². The highest BCUT2D eigenvalue weighted by Crippen LogP contribution is 2.44. The number of hydrogen-bond acceptors (Lipinski definition) is 3. The van der Waals surface area contributed by atoms with Crippen molar-refractivity contribution in [2.75, 3.05) is 0 Å². The minimum Gasteiger partial charge on any atom is -0.439 e. The summed E-state index contributed by atoms with van der Waals surface area (Å²) in [6.45, 7) is 3.43. The van der Waals surface area contributed by atoms with Crippen molar-refractivity contribution in [1.82, 2.24) is 5.09 Å². The van der Waals surface area contributed by atoms with Crippen molar-refractivity contribution in [3.8, 4) is 0 Å². The van der Waals surface area contributed by atoms with E-state index in [1.54, 1.807) is 66.7 Å². The van der Waals surface area contributed by atoms with Crippen LogP contribution in [-0.2, 0) is 14.1 Å². The minimum atomic E-state index is -5.90. The zero-order valence-corrected chi connectivity index (χ0v) is 19.4. The van der Waals surface area contributed by atoms with Gasteiger partial charge in [0.25, 0.3) is 6.10 Å². The van der Waals surface area contributed by atoms with E-state index in [1.165, 1.54) is 24.3 Å². The third-order valence-electron chi connectivity index (χ3n) is 5.11. The molecule has 4 nitrogen and oxygen atoms in total. The van der Waals surface area contributed by atoms with Gasteiger partial charge in [0.05, 0.1) is 11.6 Å². The number of carbonyl (C=O) groups excluding carboxylic acids is 1. The van der Waals surface area contributed by atoms with Gasteiger partial charge in [-0.3, -0.25) is 4.57 Å². The molecule has 0 unspecified atom stereocenters. The molecule has 0 saturated heterocycles. The summed E-state index contributed by atoms with van der Waals surface area (Å²) in [5.74, 6) is -1.94. The molecule has 0 aliphatic heterocycles. The first-order valence-corrected chi connectivity index (χ1v) is 12.1. The van der Waals surface area contributed by atoms with Crippen LogP contribution in [-0.4, -0.2) is 24.4 Å². The van der Waals surface area contributed by atoms with Crippen LogP contribution in [0.15, 0.2) is 103 Å². The van der Waals surface area contributed by atoms with E-state index in [-0.39, 0.29) is 5.56 Å². The zero-order valence-electron chi connectivity index (χ0n) is 18.5. The average Bonchev–Trinajstić information content (AvgIpc) is 2.85. The van der Waals surface area contributed by atoms with Gasteiger partial charge in [-0.2, -0.15) is 26.3 Å². The number of benzene rings is 3. The van der Waals surface area contributed by atoms with Crippen LogP contribution in [0.2, 0.25) is 0 Å². The molecule has 0 saturated carbocycles. The molecule has 0 spiro atoms. The second-order valence-electron chi connectivity index (χ2n) is 7.65. The van der Waals surface area contributed by atoms with Crippen LogP contribution in [0.4, 0.5) is 26.3 Å². The predicted octanol–water partition coefficient (Wildman–Crippen LogP) is 5.84. The van der Waals surface area contributed by atoms with E-state index in [1.807, 2.05) is 0 Å². The first-order chi connectivity index (χ1) is 16.8. The summed E-state index contributed by atoms with van der Waals surface area (Å²) in [5.41, 5.74) is -0.561. The molecule has 0 aromatic heterocycles. The molecule has 0 bridgehead atoms. The van der Waals surface area contributed by atoms with Gasteiger partial charge in [0.15, 0.2) is 0 Å². The third-order valence-corrected chi connectivity index (χ3v) is 7.79. The highest BCUT2D eigenvalue weighted by Gasteiger charge is 2.60. The van der Waals surface area contributed by atoms with Crippen molar-refractivity contribution in [2.24, 2.45) is 0 Å². The molecule has 11 heteroatoms. The number of nitrogens with one attached hydrogen (secondary N) is 1. The third kappa shape index (κ3) is 6.25. The lowest BCUT2D eigenvalue weighted by Gasteiger charge is -2.29. The van der Waals surface area contributed by atoms with Gasteiger partial charge in [-0.15, -0.1) is 0 Å². The maximum atomic E-state index is 14.4. The van der Waals surface area contributed by atoms with Crippen molar-refractivity contribution in [1.29, 1.82) is 0 Å². The van der Waals surface area contributed by atoms with E-state index in [4.69, 9.17) is 0 Å². The van der Waals surface area contributed by atoms with Gasteiger partial charge in [0, 0.05) is 10.6 Å². The molecule has 0 fully saturated rings. The topological polar surface area (TPSA) is 55.4 Å². The van der Waals surface area contributed by atoms with Gasteiger partial charge in [-0.25, -0.2) is 9.88 Å². The Hall–Kier alpha value is -3.36. The van der Waals surface area contributed by atoms with Crippen molar-refractivity contribution in [2.45, 2.75) is 24.5 Å². The van der Waals surface area contributed by atoms with E-state index >= 15 is 0 Å². The van der Waals surface area contributed by atoms with Crippen molar-refractivity contribution in [3.05, 3.63) is 109 Å². The molecular formula is C25H20F6NO3P. The van der Waals surface area contributed by atoms with Crippen LogP contribution in [0.3, 0.4) is 0 Å². The Labute approximate surface area is 203 Å². The van der Waals surface area contributed by atoms with E-state index in [0.29, 0.717) is 10.6 Å². The SMILES string of the molecule is C=C(C(=O)OC(C(F)(F)F)C(F)(F)F)[C@@H](NP(=O)(c1ccccc1)c1ccccc1)c1ccccc1. The highest BCUT2D eigenvalue weighted by molar-refractivity contribution is 7.76. The number of alkyl halides is 6. The predicted molar refractivity (Wildman–Crippen MR) is 123 cm³/mol. The Morgan fingerprint density at radius 2 is 1.14 bits per heavy atom. The highest BCUT2D eigenvalue weighted by atomic mass is 31.2. The monoisotopic (exact) mass is 527 g/mol. The Kier molecular flexibility index (Phi) is 8.11. The van der Waals surface area contributed by atoms with Crippen LogP contribution in [0, 0.1) is 0 Å². The van der Waals surface area contributed by atoms with Gasteiger partial charge >= 0.3 is 18.3 Å². The van der Waals surface area contributed by atoms with E-state index < -0.39 is 43.3 Å². The molecule has 1 N–H and O–H groups in total. The summed E-state index contributed by atoms with van der Waals surface area (Å²) in [5, 5.41) is 3.39. The quantitative estimate of drug-likeness (QED) is 0.173. The second-order valence-corrected chi connectivity index (χ2v) is 10.2. The summed E-state index contributed by atoms with van der Waals surface area (Å²) < 4.78 is 96.2. The molecule has 0 aliphatic carbocycles. The van der Waals surface area contributed by atoms with E-state index in [0.717, 1.165) is 0 Å². The molecule has 190 valence electrons. The maximum Gasteiger partial charge on any atom is 0.434 e. The summed E-state index contributed by atoms with van der Waals surface area (Å²) in [6, 6.07) is 22.2. The Balaban J connectivity index is 2.06. The molecule has 0 aliphatic rings. The van der Waals surface area contributed by atoms with Crippen LogP contribution in [0.5, 0.6) is 0 Å². The molecular weight excluding hydrogens is 507 g/mol. The van der Waals surface area contributed by atoms with Gasteiger partial charge in [0.1, 0.15) is 0 Å². The Morgan fingerprint density at radius 3 is 1.53 bits per heavy atom. The van der Waals surface area contributed by atoms with Crippen LogP contribution < -0.4 is 15.7 Å². The number of esters is 1. The van der Waals surface area contributed by atoms with Crippen molar-refractivity contribution < 1.29 is 40.4 Å². The summed E-state index contributed by atoms with van der Waals surface area (Å²) in [7, 11) is -3.80. The number of halogens is 6. The Bertz CT molecular complexity index is 1170. The molecule has 0 amide bonds. The zero-order chi connectivity index (χ0) is 26.6. The lowest BCUT2D eigenvalue weighted by Crippen LogP contribution is -2.46. The minimum absolute atomic E-state index is 0.224. The smallest absolute Gasteiger partial charge is 0.434 e. The second kappa shape index (κ2) is 10.7. The summed E-state index contributed by atoms with van der Waals surface area (Å²) in [6.07, 6.45) is -16.1. The standard InChI is InChI=1S/C25H20F6NO3P/c1-17(22(33)35-23(24(26,27)28)25(29,30)31)21(18-11-5-2-6-12-18)32-36(34,19-13-7-3-8-14-19)20-15-9-4-10-16-20/h2-16,21,23H,1H2,(H,32,34)/t21-/m1/s1. The van der Waals surface area contributed by atoms with Gasteiger partial charge in [-0.1, -0.05) is 73.3 Å². The van der Waals surface area contributed by atoms with Crippen molar-refractivity contribution in [3.63, 3.8) is 0 Å². The fourth-order valence-corrected chi connectivity index (χ4v) is 5.82. The normalized spacial score (nSPS) is 13.3. The first-order valence-electron chi connectivity index (χ1n) is 10.4. The fraction of sp³-hybridized carbons (Fsp3) is 0.160. The average molecular weight is 527 g/mol. The van der Waals surface area contributed by atoms with Crippen LogP contribution in [0.1, 0.15) is 11.6 Å². The molecule has 36 heavy (non-hydrogen) atoms. The number of ether oxygens (including phenoxy) is 1. The van der Waals surface area contributed by atoms with Crippen LogP contribution in [0.25, 0.3) is 0 Å². The van der Waals surface area contributed by atoms with E-state index in [2.05, 4.69) is 16.4 Å². The van der Waals surface area contributed by atoms with Gasteiger partial charge in [-0.05, 0) is 29.8 Å². The number of hydrogen-bond donors (Lipinski definition) is 1. The number of rotatable bonds is 8. The fourth-order valence-electron chi connectivity index (χ4n) is 3.37. The molecule has 3 aromatic carbocycles. The molecule has 3 aromatic rings. The molecule has 3 rings (SSSR count). The lowest BCUT2D eigenvalue weighted by atomic mass is 10.0. The van der Waals surface area contributed by atoms with E-state index in [9.17, 15) is 35.7 Å². The lowest BCUT2D eigenvalue weighted by molar-refractivity contribution is -0.312. The first kappa shape index (κ1) is 27.2.